The number of rotatable bonds is 3. The van der Waals surface area contributed by atoms with E-state index in [1.807, 2.05) is 35.6 Å². The molecule has 0 fully saturated rings. The summed E-state index contributed by atoms with van der Waals surface area (Å²) < 4.78 is 7.75. The average molecular weight is 365 g/mol. The molecule has 3 aromatic rings. The van der Waals surface area contributed by atoms with E-state index in [1.54, 1.807) is 12.4 Å². The van der Waals surface area contributed by atoms with Crippen LogP contribution in [-0.4, -0.2) is 37.1 Å². The summed E-state index contributed by atoms with van der Waals surface area (Å²) in [4.78, 5) is 23.5. The summed E-state index contributed by atoms with van der Waals surface area (Å²) in [5, 5.41) is 4.77. The van der Waals surface area contributed by atoms with Crippen molar-refractivity contribution < 1.29 is 9.21 Å². The third-order valence-electron chi connectivity index (χ3n) is 4.90. The minimum absolute atomic E-state index is 0.0504. The Morgan fingerprint density at radius 1 is 1.26 bits per heavy atom. The summed E-state index contributed by atoms with van der Waals surface area (Å²) in [7, 11) is 0. The summed E-state index contributed by atoms with van der Waals surface area (Å²) in [6, 6.07) is 3.98. The highest BCUT2D eigenvalue weighted by Gasteiger charge is 2.31. The minimum Gasteiger partial charge on any atom is -0.440 e. The predicted molar refractivity (Wildman–Crippen MR) is 100 cm³/mol. The number of carbonyl (C=O) groups excluding carboxylic acids is 1. The highest BCUT2D eigenvalue weighted by Crippen LogP contribution is 2.32. The Bertz CT molecular complexity index is 1000. The molecule has 0 unspecified atom stereocenters. The number of oxazole rings is 1. The fourth-order valence-electron chi connectivity index (χ4n) is 3.54. The fraction of sp³-hybridized carbons (Fsp3) is 0.400. The largest absolute Gasteiger partial charge is 0.440 e. The van der Waals surface area contributed by atoms with E-state index in [4.69, 9.17) is 9.52 Å². The van der Waals surface area contributed by atoms with Gasteiger partial charge in [0.05, 0.1) is 12.7 Å². The molecule has 0 aromatic carbocycles. The van der Waals surface area contributed by atoms with Gasteiger partial charge in [-0.25, -0.2) is 4.98 Å². The quantitative estimate of drug-likeness (QED) is 0.711. The van der Waals surface area contributed by atoms with E-state index in [9.17, 15) is 4.79 Å². The van der Waals surface area contributed by atoms with Gasteiger partial charge in [0, 0.05) is 36.5 Å². The van der Waals surface area contributed by atoms with Crippen LogP contribution in [0.4, 0.5) is 0 Å². The number of hydrogen-bond donors (Lipinski definition) is 0. The Labute approximate surface area is 158 Å². The van der Waals surface area contributed by atoms with E-state index in [0.717, 1.165) is 34.7 Å². The summed E-state index contributed by atoms with van der Waals surface area (Å²) in [5.41, 5.74) is 4.28. The molecule has 0 N–H and O–H groups in total. The third-order valence-corrected chi connectivity index (χ3v) is 4.90. The van der Waals surface area contributed by atoms with Crippen LogP contribution in [0.5, 0.6) is 0 Å². The standard InChI is InChI=1S/C20H23N5O2/c1-12(2)25-16-7-9-24(20(26)17-13(3)6-5-8-21-17)11-15(16)18(23-25)19-22-10-14(4)27-19/h5-6,8,10,12H,7,9,11H2,1-4H3. The molecule has 27 heavy (non-hydrogen) atoms. The number of carbonyl (C=O) groups is 1. The van der Waals surface area contributed by atoms with Crippen molar-refractivity contribution in [1.82, 2.24) is 24.6 Å². The molecule has 1 aliphatic heterocycles. The number of pyridine rings is 1. The first kappa shape index (κ1) is 17.5. The van der Waals surface area contributed by atoms with E-state index in [1.165, 1.54) is 0 Å². The second kappa shape index (κ2) is 6.64. The van der Waals surface area contributed by atoms with Crippen molar-refractivity contribution in [1.29, 1.82) is 0 Å². The smallest absolute Gasteiger partial charge is 0.273 e. The zero-order valence-corrected chi connectivity index (χ0v) is 16.1. The Morgan fingerprint density at radius 2 is 2.07 bits per heavy atom. The van der Waals surface area contributed by atoms with Crippen molar-refractivity contribution in [2.24, 2.45) is 0 Å². The zero-order chi connectivity index (χ0) is 19.1. The molecular formula is C20H23N5O2. The molecule has 0 spiro atoms. The van der Waals surface area contributed by atoms with Crippen LogP contribution in [0.3, 0.4) is 0 Å². The number of nitrogens with zero attached hydrogens (tertiary/aromatic N) is 5. The molecule has 0 radical (unpaired) electrons. The van der Waals surface area contributed by atoms with E-state index in [0.29, 0.717) is 24.7 Å². The van der Waals surface area contributed by atoms with Crippen LogP contribution in [0.15, 0.2) is 28.9 Å². The SMILES string of the molecule is Cc1cnc(-c2nn(C(C)C)c3c2CN(C(=O)c2ncccc2C)CC3)o1. The second-order valence-corrected chi connectivity index (χ2v) is 7.23. The van der Waals surface area contributed by atoms with Crippen LogP contribution in [0.1, 0.15) is 53.0 Å². The van der Waals surface area contributed by atoms with Crippen LogP contribution in [-0.2, 0) is 13.0 Å². The fourth-order valence-corrected chi connectivity index (χ4v) is 3.54. The van der Waals surface area contributed by atoms with Crippen LogP contribution in [0.2, 0.25) is 0 Å². The van der Waals surface area contributed by atoms with Crippen LogP contribution in [0.25, 0.3) is 11.6 Å². The Hall–Kier alpha value is -2.96. The van der Waals surface area contributed by atoms with Crippen molar-refractivity contribution >= 4 is 5.91 Å². The molecule has 1 aliphatic rings. The predicted octanol–water partition coefficient (Wildman–Crippen LogP) is 3.33. The summed E-state index contributed by atoms with van der Waals surface area (Å²) in [6.07, 6.45) is 4.10. The molecule has 3 aromatic heterocycles. The van der Waals surface area contributed by atoms with Gasteiger partial charge in [-0.15, -0.1) is 0 Å². The molecule has 0 saturated heterocycles. The van der Waals surface area contributed by atoms with Crippen molar-refractivity contribution in [3.05, 3.63) is 52.8 Å². The van der Waals surface area contributed by atoms with E-state index < -0.39 is 0 Å². The Balaban J connectivity index is 1.73. The van der Waals surface area contributed by atoms with Crippen LogP contribution >= 0.6 is 0 Å². The number of fused-ring (bicyclic) bond motifs is 1. The Kier molecular flexibility index (Phi) is 4.30. The molecule has 0 saturated carbocycles. The molecule has 7 heteroatoms. The topological polar surface area (TPSA) is 77.1 Å². The molecule has 7 nitrogen and oxygen atoms in total. The maximum atomic E-state index is 13.0. The molecule has 0 aliphatic carbocycles. The van der Waals surface area contributed by atoms with Gasteiger partial charge in [-0.3, -0.25) is 14.5 Å². The molecule has 4 heterocycles. The second-order valence-electron chi connectivity index (χ2n) is 7.23. The van der Waals surface area contributed by atoms with Crippen molar-refractivity contribution in [3.63, 3.8) is 0 Å². The van der Waals surface area contributed by atoms with Gasteiger partial charge in [-0.05, 0) is 39.3 Å². The number of amides is 1. The maximum Gasteiger partial charge on any atom is 0.273 e. The summed E-state index contributed by atoms with van der Waals surface area (Å²) in [5.74, 6) is 1.20. The lowest BCUT2D eigenvalue weighted by atomic mass is 10.0. The van der Waals surface area contributed by atoms with Gasteiger partial charge in [0.1, 0.15) is 11.5 Å². The van der Waals surface area contributed by atoms with Crippen molar-refractivity contribution in [3.8, 4) is 11.6 Å². The van der Waals surface area contributed by atoms with Gasteiger partial charge < -0.3 is 9.32 Å². The van der Waals surface area contributed by atoms with E-state index in [2.05, 4.69) is 23.8 Å². The molecule has 1 amide bonds. The molecule has 4 rings (SSSR count). The summed E-state index contributed by atoms with van der Waals surface area (Å²) in [6.45, 7) is 9.10. The van der Waals surface area contributed by atoms with E-state index >= 15 is 0 Å². The molecule has 0 bridgehead atoms. The van der Waals surface area contributed by atoms with E-state index in [-0.39, 0.29) is 11.9 Å². The van der Waals surface area contributed by atoms with Gasteiger partial charge in [0.2, 0.25) is 5.89 Å². The summed E-state index contributed by atoms with van der Waals surface area (Å²) >= 11 is 0. The highest BCUT2D eigenvalue weighted by molar-refractivity contribution is 5.93. The maximum absolute atomic E-state index is 13.0. The minimum atomic E-state index is -0.0504. The molecular weight excluding hydrogens is 342 g/mol. The van der Waals surface area contributed by atoms with Gasteiger partial charge in [0.15, 0.2) is 5.69 Å². The lowest BCUT2D eigenvalue weighted by molar-refractivity contribution is 0.0726. The monoisotopic (exact) mass is 365 g/mol. The van der Waals surface area contributed by atoms with Gasteiger partial charge >= 0.3 is 0 Å². The molecule has 0 atom stereocenters. The van der Waals surface area contributed by atoms with Gasteiger partial charge in [-0.1, -0.05) is 6.07 Å². The van der Waals surface area contributed by atoms with Gasteiger partial charge in [0.25, 0.3) is 5.91 Å². The number of hydrogen-bond acceptors (Lipinski definition) is 5. The van der Waals surface area contributed by atoms with Crippen molar-refractivity contribution in [2.45, 2.75) is 46.7 Å². The van der Waals surface area contributed by atoms with Gasteiger partial charge in [-0.2, -0.15) is 5.10 Å². The Morgan fingerprint density at radius 3 is 2.74 bits per heavy atom. The highest BCUT2D eigenvalue weighted by atomic mass is 16.4. The first-order valence-corrected chi connectivity index (χ1v) is 9.19. The van der Waals surface area contributed by atoms with Crippen LogP contribution < -0.4 is 0 Å². The third kappa shape index (κ3) is 3.03. The molecule has 140 valence electrons. The average Bonchev–Trinajstić information content (AvgIpc) is 3.24. The van der Waals surface area contributed by atoms with Crippen LogP contribution in [0, 0.1) is 13.8 Å². The number of aryl methyl sites for hydroxylation is 2. The van der Waals surface area contributed by atoms with Crippen molar-refractivity contribution in [2.75, 3.05) is 6.54 Å². The normalized spacial score (nSPS) is 13.9. The zero-order valence-electron chi connectivity index (χ0n) is 16.1. The lowest BCUT2D eigenvalue weighted by Crippen LogP contribution is -2.37. The first-order valence-electron chi connectivity index (χ1n) is 9.19. The first-order chi connectivity index (χ1) is 13.0. The lowest BCUT2D eigenvalue weighted by Gasteiger charge is -2.28. The number of aromatic nitrogens is 4.